The minimum atomic E-state index is -0.977. The fraction of sp³-hybridized carbons (Fsp3) is 0.500. The Morgan fingerprint density at radius 1 is 1.53 bits per heavy atom. The average molecular weight is 266 g/mol. The van der Waals surface area contributed by atoms with E-state index in [0.29, 0.717) is 19.7 Å². The van der Waals surface area contributed by atoms with Crippen LogP contribution in [0.3, 0.4) is 0 Å². The van der Waals surface area contributed by atoms with Gasteiger partial charge in [-0.1, -0.05) is 12.1 Å². The van der Waals surface area contributed by atoms with Crippen molar-refractivity contribution in [3.8, 4) is 5.75 Å². The summed E-state index contributed by atoms with van der Waals surface area (Å²) in [5.74, 6) is -0.0918. The number of nitrogens with zero attached hydrogens (tertiary/aromatic N) is 1. The van der Waals surface area contributed by atoms with Crippen LogP contribution in [-0.2, 0) is 11.3 Å². The molecule has 0 aromatic heterocycles. The van der Waals surface area contributed by atoms with E-state index in [0.717, 1.165) is 16.9 Å². The molecule has 0 spiro atoms. The van der Waals surface area contributed by atoms with Gasteiger partial charge in [0.05, 0.1) is 6.61 Å². The fourth-order valence-electron chi connectivity index (χ4n) is 1.92. The van der Waals surface area contributed by atoms with E-state index in [-0.39, 0.29) is 0 Å². The lowest BCUT2D eigenvalue weighted by atomic mass is 10.1. The third-order valence-corrected chi connectivity index (χ3v) is 2.82. The van der Waals surface area contributed by atoms with Crippen molar-refractivity contribution in [3.63, 3.8) is 0 Å². The smallest absolute Gasteiger partial charge is 0.321 e. The molecule has 1 aromatic rings. The van der Waals surface area contributed by atoms with E-state index >= 15 is 0 Å². The lowest BCUT2D eigenvalue weighted by Gasteiger charge is -2.19. The van der Waals surface area contributed by atoms with Gasteiger partial charge in [-0.05, 0) is 38.1 Å². The molecule has 106 valence electrons. The SMILES string of the molecule is CCOc1ccc(CN(C)CC(N)C(=O)O)cc1C. The molecule has 3 N–H and O–H groups in total. The highest BCUT2D eigenvalue weighted by Crippen LogP contribution is 2.19. The van der Waals surface area contributed by atoms with Crippen molar-refractivity contribution in [2.45, 2.75) is 26.4 Å². The number of aryl methyl sites for hydroxylation is 1. The summed E-state index contributed by atoms with van der Waals surface area (Å²) in [6.45, 7) is 5.58. The first-order valence-corrected chi connectivity index (χ1v) is 6.33. The zero-order valence-electron chi connectivity index (χ0n) is 11.7. The Bertz CT molecular complexity index is 435. The maximum atomic E-state index is 10.7. The standard InChI is InChI=1S/C14H22N2O3/c1-4-19-13-6-5-11(7-10(13)2)8-16(3)9-12(15)14(17)18/h5-7,12H,4,8-9,15H2,1-3H3,(H,17,18). The molecule has 0 aliphatic carbocycles. The molecule has 1 unspecified atom stereocenters. The van der Waals surface area contributed by atoms with Crippen molar-refractivity contribution in [1.82, 2.24) is 4.90 Å². The van der Waals surface area contributed by atoms with Gasteiger partial charge in [-0.3, -0.25) is 9.69 Å². The van der Waals surface area contributed by atoms with Crippen LogP contribution in [0.5, 0.6) is 5.75 Å². The van der Waals surface area contributed by atoms with Crippen LogP contribution in [0.1, 0.15) is 18.1 Å². The second kappa shape index (κ2) is 7.11. The molecule has 19 heavy (non-hydrogen) atoms. The molecule has 5 nitrogen and oxygen atoms in total. The van der Waals surface area contributed by atoms with Crippen LogP contribution in [0.25, 0.3) is 0 Å². The number of benzene rings is 1. The van der Waals surface area contributed by atoms with E-state index in [1.807, 2.05) is 44.0 Å². The van der Waals surface area contributed by atoms with Crippen molar-refractivity contribution >= 4 is 5.97 Å². The molecule has 0 heterocycles. The first-order chi connectivity index (χ1) is 8.93. The number of carbonyl (C=O) groups is 1. The second-order valence-electron chi connectivity index (χ2n) is 4.67. The summed E-state index contributed by atoms with van der Waals surface area (Å²) in [7, 11) is 1.86. The highest BCUT2D eigenvalue weighted by atomic mass is 16.5. The largest absolute Gasteiger partial charge is 0.494 e. The Labute approximate surface area is 114 Å². The summed E-state index contributed by atoms with van der Waals surface area (Å²) in [5, 5.41) is 8.77. The van der Waals surface area contributed by atoms with Crippen molar-refractivity contribution in [1.29, 1.82) is 0 Å². The summed E-state index contributed by atoms with van der Waals surface area (Å²) in [6.07, 6.45) is 0. The molecule has 0 saturated carbocycles. The Hall–Kier alpha value is -1.59. The number of carboxylic acid groups (broad SMARTS) is 1. The van der Waals surface area contributed by atoms with Crippen LogP contribution in [0.4, 0.5) is 0 Å². The van der Waals surface area contributed by atoms with Gasteiger partial charge in [0, 0.05) is 13.1 Å². The third kappa shape index (κ3) is 4.89. The molecule has 0 fully saturated rings. The van der Waals surface area contributed by atoms with Gasteiger partial charge in [-0.2, -0.15) is 0 Å². The molecule has 5 heteroatoms. The maximum Gasteiger partial charge on any atom is 0.321 e. The lowest BCUT2D eigenvalue weighted by molar-refractivity contribution is -0.138. The number of rotatable bonds is 7. The highest BCUT2D eigenvalue weighted by Gasteiger charge is 2.14. The van der Waals surface area contributed by atoms with E-state index in [1.165, 1.54) is 0 Å². The minimum Gasteiger partial charge on any atom is -0.494 e. The van der Waals surface area contributed by atoms with Crippen LogP contribution in [0.2, 0.25) is 0 Å². The van der Waals surface area contributed by atoms with Crippen LogP contribution in [0, 0.1) is 6.92 Å². The minimum absolute atomic E-state index is 0.321. The zero-order valence-corrected chi connectivity index (χ0v) is 11.7. The number of hydrogen-bond acceptors (Lipinski definition) is 4. The lowest BCUT2D eigenvalue weighted by Crippen LogP contribution is -2.40. The van der Waals surface area contributed by atoms with E-state index in [9.17, 15) is 4.79 Å². The van der Waals surface area contributed by atoms with Gasteiger partial charge in [0.25, 0.3) is 0 Å². The average Bonchev–Trinajstić information content (AvgIpc) is 2.32. The molecule has 1 atom stereocenters. The second-order valence-corrected chi connectivity index (χ2v) is 4.67. The highest BCUT2D eigenvalue weighted by molar-refractivity contribution is 5.73. The number of ether oxygens (including phenoxy) is 1. The van der Waals surface area contributed by atoms with Crippen LogP contribution in [0.15, 0.2) is 18.2 Å². The molecular formula is C14H22N2O3. The summed E-state index contributed by atoms with van der Waals surface area (Å²) in [4.78, 5) is 12.6. The van der Waals surface area contributed by atoms with Gasteiger partial charge in [-0.15, -0.1) is 0 Å². The van der Waals surface area contributed by atoms with E-state index in [4.69, 9.17) is 15.6 Å². The van der Waals surface area contributed by atoms with E-state index < -0.39 is 12.0 Å². The molecule has 0 aliphatic rings. The third-order valence-electron chi connectivity index (χ3n) is 2.82. The first kappa shape index (κ1) is 15.5. The Kier molecular flexibility index (Phi) is 5.79. The number of hydrogen-bond donors (Lipinski definition) is 2. The number of aliphatic carboxylic acids is 1. The van der Waals surface area contributed by atoms with Gasteiger partial charge >= 0.3 is 5.97 Å². The predicted octanol–water partition coefficient (Wildman–Crippen LogP) is 1.24. The van der Waals surface area contributed by atoms with Crippen molar-refractivity contribution in [2.24, 2.45) is 5.73 Å². The van der Waals surface area contributed by atoms with Gasteiger partial charge in [0.2, 0.25) is 0 Å². The zero-order chi connectivity index (χ0) is 14.4. The van der Waals surface area contributed by atoms with E-state index in [2.05, 4.69) is 0 Å². The van der Waals surface area contributed by atoms with Crippen molar-refractivity contribution in [3.05, 3.63) is 29.3 Å². The molecule has 0 aliphatic heterocycles. The summed E-state index contributed by atoms with van der Waals surface area (Å²) in [5.41, 5.74) is 7.69. The van der Waals surface area contributed by atoms with Crippen LogP contribution in [-0.4, -0.2) is 42.2 Å². The molecule has 0 bridgehead atoms. The summed E-state index contributed by atoms with van der Waals surface area (Å²) in [6, 6.07) is 5.13. The Morgan fingerprint density at radius 2 is 2.21 bits per heavy atom. The molecular weight excluding hydrogens is 244 g/mol. The molecule has 1 rings (SSSR count). The predicted molar refractivity (Wildman–Crippen MR) is 74.3 cm³/mol. The molecule has 0 radical (unpaired) electrons. The Morgan fingerprint density at radius 3 is 2.74 bits per heavy atom. The number of likely N-dealkylation sites (N-methyl/N-ethyl adjacent to an activating group) is 1. The molecule has 0 amide bonds. The Balaban J connectivity index is 2.62. The van der Waals surface area contributed by atoms with Gasteiger partial charge in [0.15, 0.2) is 0 Å². The van der Waals surface area contributed by atoms with Gasteiger partial charge < -0.3 is 15.6 Å². The quantitative estimate of drug-likeness (QED) is 0.776. The molecule has 1 aromatic carbocycles. The van der Waals surface area contributed by atoms with Gasteiger partial charge in [-0.25, -0.2) is 0 Å². The van der Waals surface area contributed by atoms with Crippen molar-refractivity contribution in [2.75, 3.05) is 20.2 Å². The molecule has 0 saturated heterocycles. The first-order valence-electron chi connectivity index (χ1n) is 6.33. The van der Waals surface area contributed by atoms with Crippen LogP contribution >= 0.6 is 0 Å². The van der Waals surface area contributed by atoms with Crippen LogP contribution < -0.4 is 10.5 Å². The normalized spacial score (nSPS) is 12.5. The maximum absolute atomic E-state index is 10.7. The van der Waals surface area contributed by atoms with Crippen molar-refractivity contribution < 1.29 is 14.6 Å². The van der Waals surface area contributed by atoms with E-state index in [1.54, 1.807) is 0 Å². The number of carboxylic acids is 1. The van der Waals surface area contributed by atoms with Gasteiger partial charge in [0.1, 0.15) is 11.8 Å². The monoisotopic (exact) mass is 266 g/mol. The summed E-state index contributed by atoms with van der Waals surface area (Å²) >= 11 is 0. The summed E-state index contributed by atoms with van der Waals surface area (Å²) < 4.78 is 5.48. The topological polar surface area (TPSA) is 75.8 Å². The fourth-order valence-corrected chi connectivity index (χ4v) is 1.92. The number of nitrogens with two attached hydrogens (primary N) is 1.